The molecule has 2 aromatic carbocycles. The van der Waals surface area contributed by atoms with Crippen LogP contribution >= 0.6 is 12.2 Å². The van der Waals surface area contributed by atoms with Crippen molar-refractivity contribution >= 4 is 24.0 Å². The average Bonchev–Trinajstić information content (AvgIpc) is 3.01. The minimum atomic E-state index is -0.915. The second kappa shape index (κ2) is 7.96. The van der Waals surface area contributed by atoms with Crippen LogP contribution in [-0.4, -0.2) is 26.6 Å². The van der Waals surface area contributed by atoms with Gasteiger partial charge >= 0.3 is 0 Å². The first-order valence-electron chi connectivity index (χ1n) is 8.31. The van der Waals surface area contributed by atoms with E-state index >= 15 is 0 Å². The van der Waals surface area contributed by atoms with Crippen molar-refractivity contribution < 1.29 is 9.59 Å². The molecule has 1 atom stereocenters. The van der Waals surface area contributed by atoms with Gasteiger partial charge in [-0.25, -0.2) is 0 Å². The van der Waals surface area contributed by atoms with Crippen LogP contribution in [0.4, 0.5) is 0 Å². The zero-order valence-corrected chi connectivity index (χ0v) is 15.5. The molecule has 3 rings (SSSR count). The lowest BCUT2D eigenvalue weighted by atomic mass is 10.1. The van der Waals surface area contributed by atoms with Crippen molar-refractivity contribution in [2.75, 3.05) is 0 Å². The number of benzene rings is 2. The van der Waals surface area contributed by atoms with Crippen LogP contribution in [0.1, 0.15) is 17.2 Å². The maximum atomic E-state index is 12.6. The van der Waals surface area contributed by atoms with E-state index in [0.717, 1.165) is 11.1 Å². The molecular formula is C19H19N5O2S. The summed E-state index contributed by atoms with van der Waals surface area (Å²) in [6.07, 6.45) is 0. The van der Waals surface area contributed by atoms with Gasteiger partial charge in [-0.15, -0.1) is 0 Å². The molecule has 0 aliphatic carbocycles. The maximum absolute atomic E-state index is 12.6. The highest BCUT2D eigenvalue weighted by molar-refractivity contribution is 7.71. The fourth-order valence-electron chi connectivity index (χ4n) is 2.78. The summed E-state index contributed by atoms with van der Waals surface area (Å²) in [6.45, 7) is 1.88. The van der Waals surface area contributed by atoms with Crippen LogP contribution < -0.4 is 11.1 Å². The van der Waals surface area contributed by atoms with E-state index in [-0.39, 0.29) is 6.54 Å². The summed E-state index contributed by atoms with van der Waals surface area (Å²) in [6, 6.07) is 15.7. The molecule has 0 aliphatic rings. The molecule has 3 aromatic rings. The van der Waals surface area contributed by atoms with Crippen LogP contribution in [0.25, 0.3) is 11.4 Å². The van der Waals surface area contributed by atoms with Gasteiger partial charge in [0.05, 0.1) is 0 Å². The molecule has 4 N–H and O–H groups in total. The van der Waals surface area contributed by atoms with Crippen molar-refractivity contribution in [3.8, 4) is 11.4 Å². The fraction of sp³-hybridized carbons (Fsp3) is 0.158. The number of primary amides is 1. The summed E-state index contributed by atoms with van der Waals surface area (Å²) < 4.78 is 1.90. The Balaban J connectivity index is 1.83. The van der Waals surface area contributed by atoms with Gasteiger partial charge in [-0.2, -0.15) is 5.10 Å². The molecule has 1 aromatic heterocycles. The molecule has 0 spiro atoms. The Kier molecular flexibility index (Phi) is 5.46. The van der Waals surface area contributed by atoms with Crippen LogP contribution in [0.2, 0.25) is 0 Å². The van der Waals surface area contributed by atoms with Gasteiger partial charge < -0.3 is 11.1 Å². The Morgan fingerprint density at radius 3 is 2.63 bits per heavy atom. The third-order valence-electron chi connectivity index (χ3n) is 4.06. The third kappa shape index (κ3) is 4.29. The van der Waals surface area contributed by atoms with Crippen LogP contribution in [0.5, 0.6) is 0 Å². The largest absolute Gasteiger partial charge is 0.368 e. The van der Waals surface area contributed by atoms with Crippen molar-refractivity contribution in [3.63, 3.8) is 0 Å². The number of nitrogens with zero attached hydrogens (tertiary/aromatic N) is 2. The minimum absolute atomic E-state index is 0.0881. The highest BCUT2D eigenvalue weighted by atomic mass is 32.1. The molecule has 0 saturated heterocycles. The molecule has 2 amide bonds. The SMILES string of the molecule is Cc1cccc(-c2n[nH]c(=S)n2CC(=O)N[C@H](C(N)=O)c2ccccc2)c1. The van der Waals surface area contributed by atoms with Gasteiger partial charge in [0.15, 0.2) is 10.6 Å². The number of aromatic nitrogens is 3. The first kappa shape index (κ1) is 18.5. The van der Waals surface area contributed by atoms with Crippen molar-refractivity contribution in [1.82, 2.24) is 20.1 Å². The molecule has 0 aliphatic heterocycles. The first-order chi connectivity index (χ1) is 13.0. The molecule has 0 bridgehead atoms. The second-order valence-electron chi connectivity index (χ2n) is 6.12. The minimum Gasteiger partial charge on any atom is -0.368 e. The predicted octanol–water partition coefficient (Wildman–Crippen LogP) is 2.26. The van der Waals surface area contributed by atoms with Crippen molar-refractivity contribution in [2.24, 2.45) is 5.73 Å². The molecule has 7 nitrogen and oxygen atoms in total. The lowest BCUT2D eigenvalue weighted by molar-refractivity contribution is -0.127. The summed E-state index contributed by atoms with van der Waals surface area (Å²) in [5.74, 6) is -0.479. The van der Waals surface area contributed by atoms with E-state index in [2.05, 4.69) is 15.5 Å². The predicted molar refractivity (Wildman–Crippen MR) is 104 cm³/mol. The molecule has 8 heteroatoms. The van der Waals surface area contributed by atoms with Gasteiger partial charge in [-0.3, -0.25) is 19.3 Å². The Labute approximate surface area is 161 Å². The zero-order chi connectivity index (χ0) is 19.4. The molecule has 1 heterocycles. The standard InChI is InChI=1S/C19H19N5O2S/c1-12-6-5-9-14(10-12)18-22-23-19(27)24(18)11-15(25)21-16(17(20)26)13-7-3-2-4-8-13/h2-10,16H,11H2,1H3,(H2,20,26)(H,21,25)(H,23,27)/t16-/m0/s1. The number of aromatic amines is 1. The Morgan fingerprint density at radius 1 is 1.22 bits per heavy atom. The quantitative estimate of drug-likeness (QED) is 0.570. The number of carbonyl (C=O) groups is 2. The molecule has 138 valence electrons. The van der Waals surface area contributed by atoms with Gasteiger partial charge in [0, 0.05) is 5.56 Å². The van der Waals surface area contributed by atoms with Crippen LogP contribution in [-0.2, 0) is 16.1 Å². The number of amides is 2. The number of H-pyrrole nitrogens is 1. The van der Waals surface area contributed by atoms with Gasteiger partial charge in [-0.05, 0) is 30.8 Å². The third-order valence-corrected chi connectivity index (χ3v) is 4.37. The number of hydrogen-bond acceptors (Lipinski definition) is 4. The average molecular weight is 381 g/mol. The van der Waals surface area contributed by atoms with E-state index in [1.54, 1.807) is 28.8 Å². The monoisotopic (exact) mass is 381 g/mol. The van der Waals surface area contributed by atoms with Gasteiger partial charge in [-0.1, -0.05) is 54.1 Å². The number of carbonyl (C=O) groups excluding carboxylic acids is 2. The molecule has 0 fully saturated rings. The van der Waals surface area contributed by atoms with Gasteiger partial charge in [0.1, 0.15) is 12.6 Å². The highest BCUT2D eigenvalue weighted by Crippen LogP contribution is 2.19. The van der Waals surface area contributed by atoms with Gasteiger partial charge in [0.2, 0.25) is 11.8 Å². The fourth-order valence-corrected chi connectivity index (χ4v) is 2.98. The topological polar surface area (TPSA) is 106 Å². The normalized spacial score (nSPS) is 11.7. The number of rotatable bonds is 6. The van der Waals surface area contributed by atoms with E-state index in [1.165, 1.54) is 0 Å². The molecule has 0 unspecified atom stereocenters. The summed E-state index contributed by atoms with van der Waals surface area (Å²) >= 11 is 5.26. The summed E-state index contributed by atoms with van der Waals surface area (Å²) in [5, 5.41) is 9.61. The van der Waals surface area contributed by atoms with E-state index < -0.39 is 17.9 Å². The van der Waals surface area contributed by atoms with Crippen LogP contribution in [0.3, 0.4) is 0 Å². The highest BCUT2D eigenvalue weighted by Gasteiger charge is 2.21. The summed E-state index contributed by atoms with van der Waals surface area (Å²) in [7, 11) is 0. The summed E-state index contributed by atoms with van der Waals surface area (Å²) in [4.78, 5) is 24.4. The maximum Gasteiger partial charge on any atom is 0.244 e. The van der Waals surface area contributed by atoms with E-state index in [4.69, 9.17) is 18.0 Å². The lowest BCUT2D eigenvalue weighted by Gasteiger charge is -2.16. The second-order valence-corrected chi connectivity index (χ2v) is 6.51. The van der Waals surface area contributed by atoms with E-state index in [1.807, 2.05) is 37.3 Å². The number of nitrogens with one attached hydrogen (secondary N) is 2. The molecule has 0 radical (unpaired) electrons. The first-order valence-corrected chi connectivity index (χ1v) is 8.72. The smallest absolute Gasteiger partial charge is 0.244 e. The number of nitrogens with two attached hydrogens (primary N) is 1. The Bertz CT molecular complexity index is 1030. The van der Waals surface area contributed by atoms with Gasteiger partial charge in [0.25, 0.3) is 0 Å². The Hall–Kier alpha value is -3.26. The molecule has 27 heavy (non-hydrogen) atoms. The van der Waals surface area contributed by atoms with Crippen molar-refractivity contribution in [1.29, 1.82) is 0 Å². The lowest BCUT2D eigenvalue weighted by Crippen LogP contribution is -2.39. The van der Waals surface area contributed by atoms with E-state index in [0.29, 0.717) is 16.2 Å². The Morgan fingerprint density at radius 2 is 1.96 bits per heavy atom. The van der Waals surface area contributed by atoms with E-state index in [9.17, 15) is 9.59 Å². The van der Waals surface area contributed by atoms with Crippen LogP contribution in [0.15, 0.2) is 54.6 Å². The number of aryl methyl sites for hydroxylation is 1. The molecule has 0 saturated carbocycles. The zero-order valence-electron chi connectivity index (χ0n) is 14.7. The van der Waals surface area contributed by atoms with Crippen molar-refractivity contribution in [2.45, 2.75) is 19.5 Å². The summed E-state index contributed by atoms with van der Waals surface area (Å²) in [5.41, 5.74) is 7.98. The molecular weight excluding hydrogens is 362 g/mol. The van der Waals surface area contributed by atoms with Crippen LogP contribution in [0, 0.1) is 11.7 Å². The van der Waals surface area contributed by atoms with Crippen molar-refractivity contribution in [3.05, 3.63) is 70.5 Å². The number of hydrogen-bond donors (Lipinski definition) is 3.